The molecule has 0 saturated heterocycles. The van der Waals surface area contributed by atoms with Crippen LogP contribution in [-0.4, -0.2) is 28.3 Å². The van der Waals surface area contributed by atoms with Gasteiger partial charge in [-0.25, -0.2) is 4.98 Å². The molecule has 0 aliphatic carbocycles. The number of methoxy groups -OCH3 is 1. The van der Waals surface area contributed by atoms with Gasteiger partial charge in [-0.3, -0.25) is 4.98 Å². The summed E-state index contributed by atoms with van der Waals surface area (Å²) in [5, 5.41) is 3.26. The number of nitrogens with zero attached hydrogens (tertiary/aromatic N) is 3. The molecule has 0 saturated carbocycles. The molecule has 0 bridgehead atoms. The molecule has 90 valence electrons. The van der Waals surface area contributed by atoms with Crippen LogP contribution in [0.15, 0.2) is 30.7 Å². The van der Waals surface area contributed by atoms with Crippen LogP contribution < -0.4 is 5.32 Å². The molecule has 0 amide bonds. The zero-order valence-corrected chi connectivity index (χ0v) is 10.1. The summed E-state index contributed by atoms with van der Waals surface area (Å²) in [4.78, 5) is 8.50. The predicted octanol–water partition coefficient (Wildman–Crippen LogP) is 1.98. The third kappa shape index (κ3) is 2.82. The molecule has 2 heterocycles. The molecule has 17 heavy (non-hydrogen) atoms. The first kappa shape index (κ1) is 11.6. The van der Waals surface area contributed by atoms with Crippen molar-refractivity contribution < 1.29 is 4.74 Å². The molecule has 0 radical (unpaired) electrons. The lowest BCUT2D eigenvalue weighted by Gasteiger charge is -2.10. The van der Waals surface area contributed by atoms with E-state index in [-0.39, 0.29) is 0 Å². The Kier molecular flexibility index (Phi) is 3.72. The summed E-state index contributed by atoms with van der Waals surface area (Å²) in [7, 11) is 1.69. The monoisotopic (exact) mass is 232 g/mol. The zero-order chi connectivity index (χ0) is 12.1. The molecule has 0 fully saturated rings. The van der Waals surface area contributed by atoms with Crippen LogP contribution >= 0.6 is 0 Å². The second kappa shape index (κ2) is 5.45. The van der Waals surface area contributed by atoms with E-state index in [1.54, 1.807) is 19.5 Å². The van der Waals surface area contributed by atoms with E-state index in [1.807, 2.05) is 29.8 Å². The number of hydrogen-bond acceptors (Lipinski definition) is 4. The van der Waals surface area contributed by atoms with Gasteiger partial charge in [-0.15, -0.1) is 0 Å². The van der Waals surface area contributed by atoms with Crippen molar-refractivity contribution in [2.75, 3.05) is 19.0 Å². The minimum Gasteiger partial charge on any atom is -0.383 e. The average molecular weight is 232 g/mol. The first-order chi connectivity index (χ1) is 8.31. The highest BCUT2D eigenvalue weighted by Crippen LogP contribution is 2.16. The normalized spacial score (nSPS) is 10.5. The van der Waals surface area contributed by atoms with Crippen molar-refractivity contribution in [3.8, 4) is 0 Å². The molecule has 0 aliphatic rings. The van der Waals surface area contributed by atoms with E-state index < -0.39 is 0 Å². The Balaban J connectivity index is 2.13. The van der Waals surface area contributed by atoms with Crippen molar-refractivity contribution in [2.24, 2.45) is 0 Å². The van der Waals surface area contributed by atoms with Gasteiger partial charge < -0.3 is 14.6 Å². The van der Waals surface area contributed by atoms with E-state index in [1.165, 1.54) is 0 Å². The van der Waals surface area contributed by atoms with Crippen LogP contribution in [0.25, 0.3) is 0 Å². The Bertz CT molecular complexity index is 481. The van der Waals surface area contributed by atoms with E-state index >= 15 is 0 Å². The van der Waals surface area contributed by atoms with Gasteiger partial charge in [0.1, 0.15) is 0 Å². The third-order valence-electron chi connectivity index (χ3n) is 2.51. The van der Waals surface area contributed by atoms with Gasteiger partial charge >= 0.3 is 0 Å². The Morgan fingerprint density at radius 3 is 3.00 bits per heavy atom. The minimum atomic E-state index is 0.664. The molecule has 5 heteroatoms. The summed E-state index contributed by atoms with van der Waals surface area (Å²) in [5.74, 6) is 0.804. The first-order valence-corrected chi connectivity index (χ1v) is 5.50. The lowest BCUT2D eigenvalue weighted by Crippen LogP contribution is -2.07. The second-order valence-electron chi connectivity index (χ2n) is 3.70. The first-order valence-electron chi connectivity index (χ1n) is 5.50. The molecule has 0 aromatic carbocycles. The Hall–Kier alpha value is -1.88. The van der Waals surface area contributed by atoms with Crippen LogP contribution in [0, 0.1) is 6.92 Å². The van der Waals surface area contributed by atoms with Crippen LogP contribution in [0.5, 0.6) is 0 Å². The van der Waals surface area contributed by atoms with E-state index in [2.05, 4.69) is 15.3 Å². The lowest BCUT2D eigenvalue weighted by molar-refractivity contribution is 0.188. The molecule has 0 unspecified atom stereocenters. The van der Waals surface area contributed by atoms with Crippen molar-refractivity contribution in [1.29, 1.82) is 0 Å². The Morgan fingerprint density at radius 2 is 2.24 bits per heavy atom. The number of anilines is 2. The number of ether oxygens (including phenoxy) is 1. The van der Waals surface area contributed by atoms with Crippen molar-refractivity contribution in [3.63, 3.8) is 0 Å². The van der Waals surface area contributed by atoms with E-state index in [0.717, 1.165) is 23.9 Å². The summed E-state index contributed by atoms with van der Waals surface area (Å²) in [6.07, 6.45) is 5.47. The van der Waals surface area contributed by atoms with Crippen LogP contribution in [-0.2, 0) is 11.3 Å². The standard InChI is InChI=1S/C12H16N4O/c1-10-11(4-3-5-13-10)15-12-14-6-7-16(12)8-9-17-2/h3-7H,8-9H2,1-2H3,(H,14,15). The summed E-state index contributed by atoms with van der Waals surface area (Å²) in [6, 6.07) is 3.88. The molecule has 0 atom stereocenters. The smallest absolute Gasteiger partial charge is 0.207 e. The van der Waals surface area contributed by atoms with Crippen LogP contribution in [0.2, 0.25) is 0 Å². The molecule has 2 rings (SSSR count). The zero-order valence-electron chi connectivity index (χ0n) is 10.1. The molecular weight excluding hydrogens is 216 g/mol. The molecule has 0 aliphatic heterocycles. The highest BCUT2D eigenvalue weighted by molar-refractivity contribution is 5.55. The Morgan fingerprint density at radius 1 is 1.35 bits per heavy atom. The van der Waals surface area contributed by atoms with Crippen LogP contribution in [0.1, 0.15) is 5.69 Å². The van der Waals surface area contributed by atoms with Gasteiger partial charge in [-0.2, -0.15) is 0 Å². The third-order valence-corrected chi connectivity index (χ3v) is 2.51. The fourth-order valence-electron chi connectivity index (χ4n) is 1.54. The number of aromatic nitrogens is 3. The minimum absolute atomic E-state index is 0.664. The van der Waals surface area contributed by atoms with Crippen LogP contribution in [0.4, 0.5) is 11.6 Å². The van der Waals surface area contributed by atoms with Crippen molar-refractivity contribution in [2.45, 2.75) is 13.5 Å². The second-order valence-corrected chi connectivity index (χ2v) is 3.70. The van der Waals surface area contributed by atoms with E-state index in [9.17, 15) is 0 Å². The molecule has 2 aromatic heterocycles. The van der Waals surface area contributed by atoms with Gasteiger partial charge in [0, 0.05) is 32.2 Å². The molecule has 0 spiro atoms. The van der Waals surface area contributed by atoms with Gasteiger partial charge in [-0.05, 0) is 19.1 Å². The van der Waals surface area contributed by atoms with E-state index in [4.69, 9.17) is 4.74 Å². The number of rotatable bonds is 5. The Labute approximate surface area is 100 Å². The summed E-state index contributed by atoms with van der Waals surface area (Å²) < 4.78 is 7.07. The number of pyridine rings is 1. The highest BCUT2D eigenvalue weighted by Gasteiger charge is 2.04. The maximum atomic E-state index is 5.06. The summed E-state index contributed by atoms with van der Waals surface area (Å²) >= 11 is 0. The topological polar surface area (TPSA) is 52.0 Å². The van der Waals surface area contributed by atoms with Crippen molar-refractivity contribution in [3.05, 3.63) is 36.4 Å². The molecular formula is C12H16N4O. The molecule has 2 aromatic rings. The number of hydrogen-bond donors (Lipinski definition) is 1. The quantitative estimate of drug-likeness (QED) is 0.856. The summed E-state index contributed by atoms with van der Waals surface area (Å²) in [5.41, 5.74) is 1.92. The van der Waals surface area contributed by atoms with E-state index in [0.29, 0.717) is 6.61 Å². The summed E-state index contributed by atoms with van der Waals surface area (Å²) in [6.45, 7) is 3.40. The fourth-order valence-corrected chi connectivity index (χ4v) is 1.54. The lowest BCUT2D eigenvalue weighted by atomic mass is 10.3. The average Bonchev–Trinajstić information content (AvgIpc) is 2.77. The predicted molar refractivity (Wildman–Crippen MR) is 66.4 cm³/mol. The maximum absolute atomic E-state index is 5.06. The van der Waals surface area contributed by atoms with Crippen molar-refractivity contribution >= 4 is 11.6 Å². The number of nitrogens with one attached hydrogen (secondary N) is 1. The van der Waals surface area contributed by atoms with Gasteiger partial charge in [-0.1, -0.05) is 0 Å². The fraction of sp³-hybridized carbons (Fsp3) is 0.333. The SMILES string of the molecule is COCCn1ccnc1Nc1cccnc1C. The number of imidazole rings is 1. The largest absolute Gasteiger partial charge is 0.383 e. The van der Waals surface area contributed by atoms with Gasteiger partial charge in [0.25, 0.3) is 0 Å². The molecule has 5 nitrogen and oxygen atoms in total. The number of aryl methyl sites for hydroxylation is 1. The maximum Gasteiger partial charge on any atom is 0.207 e. The molecule has 1 N–H and O–H groups in total. The van der Waals surface area contributed by atoms with Crippen molar-refractivity contribution in [1.82, 2.24) is 14.5 Å². The van der Waals surface area contributed by atoms with Gasteiger partial charge in [0.15, 0.2) is 0 Å². The highest BCUT2D eigenvalue weighted by atomic mass is 16.5. The van der Waals surface area contributed by atoms with Crippen LogP contribution in [0.3, 0.4) is 0 Å². The van der Waals surface area contributed by atoms with Gasteiger partial charge in [0.05, 0.1) is 18.0 Å². The van der Waals surface area contributed by atoms with Gasteiger partial charge in [0.2, 0.25) is 5.95 Å².